The Hall–Kier alpha value is -0.150. The summed E-state index contributed by atoms with van der Waals surface area (Å²) in [6, 6.07) is 7.47. The average Bonchev–Trinajstić information content (AvgIpc) is 2.09. The molecule has 0 aliphatic rings. The van der Waals surface area contributed by atoms with E-state index in [1.807, 2.05) is 38.1 Å². The Kier molecular flexibility index (Phi) is 6.30. The van der Waals surface area contributed by atoms with Gasteiger partial charge in [-0.1, -0.05) is 29.8 Å². The zero-order valence-electron chi connectivity index (χ0n) is 7.50. The van der Waals surface area contributed by atoms with Crippen LogP contribution in [-0.4, -0.2) is 10.5 Å². The third-order valence-electron chi connectivity index (χ3n) is 1.15. The lowest BCUT2D eigenvalue weighted by Crippen LogP contribution is -1.84. The quantitative estimate of drug-likeness (QED) is 0.746. The highest BCUT2D eigenvalue weighted by Gasteiger charge is 1.94. The first-order chi connectivity index (χ1) is 5.70. The van der Waals surface area contributed by atoms with Crippen LogP contribution in [0.4, 0.5) is 0 Å². The fourth-order valence-corrected chi connectivity index (χ4v) is 1.41. The average molecular weight is 249 g/mol. The van der Waals surface area contributed by atoms with E-state index in [4.69, 9.17) is 0 Å². The maximum atomic E-state index is 10.9. The normalized spacial score (nSPS) is 11.3. The van der Waals surface area contributed by atoms with E-state index in [0.29, 0.717) is 0 Å². The minimum absolute atomic E-state index is 0.858. The van der Waals surface area contributed by atoms with Crippen molar-refractivity contribution in [2.45, 2.75) is 18.7 Å². The number of halogens is 1. The summed E-state index contributed by atoms with van der Waals surface area (Å²) in [5.41, 5.74) is 0. The molecule has 0 aliphatic carbocycles. The van der Waals surface area contributed by atoms with Gasteiger partial charge in [0.1, 0.15) is 0 Å². The molecule has 3 heteroatoms. The molecule has 1 rings (SSSR count). The van der Waals surface area contributed by atoms with Gasteiger partial charge in [0, 0.05) is 26.4 Å². The molecular formula is C9H13BrOS. The number of hydrogen-bond donors (Lipinski definition) is 0. The smallest absolute Gasteiger partial charge is 0.0498 e. The zero-order valence-corrected chi connectivity index (χ0v) is 9.91. The first kappa shape index (κ1) is 11.8. The largest absolute Gasteiger partial charge is 0.255 e. The van der Waals surface area contributed by atoms with Crippen LogP contribution in [0.15, 0.2) is 33.6 Å². The van der Waals surface area contributed by atoms with Gasteiger partial charge in [-0.2, -0.15) is 0 Å². The van der Waals surface area contributed by atoms with Gasteiger partial charge in [0.15, 0.2) is 0 Å². The lowest BCUT2D eigenvalue weighted by atomic mass is 10.4. The van der Waals surface area contributed by atoms with Crippen molar-refractivity contribution in [3.05, 3.63) is 28.7 Å². The molecule has 1 unspecified atom stereocenters. The molecule has 0 amide bonds. The lowest BCUT2D eigenvalue weighted by Gasteiger charge is -1.93. The topological polar surface area (TPSA) is 17.1 Å². The first-order valence-corrected chi connectivity index (χ1v) is 6.14. The molecule has 0 saturated carbocycles. The van der Waals surface area contributed by atoms with E-state index in [1.54, 1.807) is 6.26 Å². The number of benzene rings is 1. The Balaban J connectivity index is 0.000000561. The number of rotatable bonds is 1. The van der Waals surface area contributed by atoms with Crippen molar-refractivity contribution < 1.29 is 4.21 Å². The molecule has 0 N–H and O–H groups in total. The molecule has 1 nitrogen and oxygen atoms in total. The zero-order chi connectivity index (χ0) is 9.56. The van der Waals surface area contributed by atoms with Crippen LogP contribution in [0, 0.1) is 0 Å². The molecule has 1 aromatic carbocycles. The molecule has 1 atom stereocenters. The van der Waals surface area contributed by atoms with Crippen molar-refractivity contribution in [2.75, 3.05) is 6.26 Å². The van der Waals surface area contributed by atoms with Crippen LogP contribution in [-0.2, 0) is 10.8 Å². The fraction of sp³-hybridized carbons (Fsp3) is 0.333. The minimum Gasteiger partial charge on any atom is -0.255 e. The second kappa shape index (κ2) is 6.38. The standard InChI is InChI=1S/C7H7BrOS.C2H6/c1-10(9)7-4-2-6(8)3-5-7;1-2/h2-5H,1H3;1-2H3. The molecule has 1 aromatic rings. The molecule has 0 aromatic heterocycles. The van der Waals surface area contributed by atoms with Gasteiger partial charge in [0.25, 0.3) is 0 Å². The van der Waals surface area contributed by atoms with Crippen LogP contribution < -0.4 is 0 Å². The molecule has 0 radical (unpaired) electrons. The summed E-state index contributed by atoms with van der Waals surface area (Å²) < 4.78 is 11.9. The summed E-state index contributed by atoms with van der Waals surface area (Å²) in [5.74, 6) is 0. The van der Waals surface area contributed by atoms with Crippen molar-refractivity contribution in [3.8, 4) is 0 Å². The molecule has 0 saturated heterocycles. The van der Waals surface area contributed by atoms with Gasteiger partial charge < -0.3 is 0 Å². The highest BCUT2D eigenvalue weighted by atomic mass is 79.9. The second-order valence-corrected chi connectivity index (χ2v) is 4.20. The molecule has 68 valence electrons. The third kappa shape index (κ3) is 4.02. The molecule has 0 bridgehead atoms. The van der Waals surface area contributed by atoms with E-state index in [1.165, 1.54) is 0 Å². The Morgan fingerprint density at radius 1 is 1.17 bits per heavy atom. The summed E-state index contributed by atoms with van der Waals surface area (Å²) >= 11 is 3.30. The summed E-state index contributed by atoms with van der Waals surface area (Å²) in [6.07, 6.45) is 1.67. The highest BCUT2D eigenvalue weighted by molar-refractivity contribution is 9.10. The summed E-state index contributed by atoms with van der Waals surface area (Å²) in [6.45, 7) is 4.00. The first-order valence-electron chi connectivity index (χ1n) is 3.79. The van der Waals surface area contributed by atoms with Crippen LogP contribution in [0.2, 0.25) is 0 Å². The summed E-state index contributed by atoms with van der Waals surface area (Å²) in [5, 5.41) is 0. The van der Waals surface area contributed by atoms with Gasteiger partial charge in [-0.25, -0.2) is 0 Å². The van der Waals surface area contributed by atoms with Crippen molar-refractivity contribution in [3.63, 3.8) is 0 Å². The summed E-state index contributed by atoms with van der Waals surface area (Å²) in [7, 11) is -0.858. The monoisotopic (exact) mass is 248 g/mol. The van der Waals surface area contributed by atoms with Crippen molar-refractivity contribution in [1.29, 1.82) is 0 Å². The number of hydrogen-bond acceptors (Lipinski definition) is 1. The van der Waals surface area contributed by atoms with Gasteiger partial charge in [-0.05, 0) is 24.3 Å². The van der Waals surface area contributed by atoms with Crippen molar-refractivity contribution >= 4 is 26.7 Å². The molecule has 0 aliphatic heterocycles. The van der Waals surface area contributed by atoms with E-state index in [0.717, 1.165) is 9.37 Å². The maximum Gasteiger partial charge on any atom is 0.0498 e. The van der Waals surface area contributed by atoms with Crippen LogP contribution >= 0.6 is 15.9 Å². The minimum atomic E-state index is -0.858. The van der Waals surface area contributed by atoms with E-state index in [9.17, 15) is 4.21 Å². The van der Waals surface area contributed by atoms with Crippen LogP contribution in [0.1, 0.15) is 13.8 Å². The van der Waals surface area contributed by atoms with Gasteiger partial charge in [-0.15, -0.1) is 0 Å². The Labute approximate surface area is 84.8 Å². The van der Waals surface area contributed by atoms with Gasteiger partial charge in [-0.3, -0.25) is 4.21 Å². The SMILES string of the molecule is CC.CS(=O)c1ccc(Br)cc1. The van der Waals surface area contributed by atoms with E-state index < -0.39 is 10.8 Å². The Morgan fingerprint density at radius 3 is 1.92 bits per heavy atom. The predicted molar refractivity (Wildman–Crippen MR) is 57.8 cm³/mol. The van der Waals surface area contributed by atoms with E-state index >= 15 is 0 Å². The molecule has 0 heterocycles. The van der Waals surface area contributed by atoms with Gasteiger partial charge in [0.05, 0.1) is 0 Å². The van der Waals surface area contributed by atoms with Crippen LogP contribution in [0.25, 0.3) is 0 Å². The predicted octanol–water partition coefficient (Wildman–Crippen LogP) is 3.21. The highest BCUT2D eigenvalue weighted by Crippen LogP contribution is 2.11. The molecule has 0 spiro atoms. The second-order valence-electron chi connectivity index (χ2n) is 1.91. The maximum absolute atomic E-state index is 10.9. The van der Waals surface area contributed by atoms with Crippen molar-refractivity contribution in [1.82, 2.24) is 0 Å². The molecular weight excluding hydrogens is 236 g/mol. The lowest BCUT2D eigenvalue weighted by molar-refractivity contribution is 0.687. The Bertz CT molecular complexity index is 243. The van der Waals surface area contributed by atoms with E-state index in [2.05, 4.69) is 15.9 Å². The molecule has 0 fully saturated rings. The third-order valence-corrected chi connectivity index (χ3v) is 2.61. The van der Waals surface area contributed by atoms with E-state index in [-0.39, 0.29) is 0 Å². The van der Waals surface area contributed by atoms with Gasteiger partial charge >= 0.3 is 0 Å². The Morgan fingerprint density at radius 2 is 1.58 bits per heavy atom. The van der Waals surface area contributed by atoms with Crippen LogP contribution in [0.5, 0.6) is 0 Å². The summed E-state index contributed by atoms with van der Waals surface area (Å²) in [4.78, 5) is 0.864. The molecule has 12 heavy (non-hydrogen) atoms. The van der Waals surface area contributed by atoms with Crippen LogP contribution in [0.3, 0.4) is 0 Å². The fourth-order valence-electron chi connectivity index (χ4n) is 0.626. The van der Waals surface area contributed by atoms with Gasteiger partial charge in [0.2, 0.25) is 0 Å². The van der Waals surface area contributed by atoms with Crippen molar-refractivity contribution in [2.24, 2.45) is 0 Å².